The third-order valence-electron chi connectivity index (χ3n) is 3.32. The smallest absolute Gasteiger partial charge is 0.200 e. The minimum absolute atomic E-state index is 0.0242. The molecule has 2 nitrogen and oxygen atoms in total. The molecular formula is C14H18F2O2. The van der Waals surface area contributed by atoms with Crippen LogP contribution in [0.1, 0.15) is 38.2 Å². The van der Waals surface area contributed by atoms with Gasteiger partial charge in [0.1, 0.15) is 0 Å². The van der Waals surface area contributed by atoms with E-state index < -0.39 is 11.6 Å². The molecule has 0 amide bonds. The molecule has 1 heterocycles. The standard InChI is InChI=1S/C14H18F2O2/c1-3-17-12-7-6-11(13(15)14(12)16)10-5-4-9(2)18-8-10/h6-7,9-10H,3-5,8H2,1-2H3. The fourth-order valence-electron chi connectivity index (χ4n) is 2.26. The van der Waals surface area contributed by atoms with E-state index in [9.17, 15) is 8.78 Å². The molecule has 1 aromatic carbocycles. The Bertz CT molecular complexity index is 413. The second-order valence-corrected chi connectivity index (χ2v) is 4.63. The fraction of sp³-hybridized carbons (Fsp3) is 0.571. The van der Waals surface area contributed by atoms with Crippen molar-refractivity contribution in [3.8, 4) is 5.75 Å². The Balaban J connectivity index is 2.21. The molecule has 18 heavy (non-hydrogen) atoms. The van der Waals surface area contributed by atoms with Gasteiger partial charge in [-0.25, -0.2) is 4.39 Å². The number of ether oxygens (including phenoxy) is 2. The molecule has 0 spiro atoms. The molecule has 0 bridgehead atoms. The van der Waals surface area contributed by atoms with Gasteiger partial charge >= 0.3 is 0 Å². The van der Waals surface area contributed by atoms with Crippen LogP contribution in [0.5, 0.6) is 5.75 Å². The lowest BCUT2D eigenvalue weighted by molar-refractivity contribution is 0.0146. The fourth-order valence-corrected chi connectivity index (χ4v) is 2.26. The second-order valence-electron chi connectivity index (χ2n) is 4.63. The van der Waals surface area contributed by atoms with E-state index in [0.29, 0.717) is 18.8 Å². The second kappa shape index (κ2) is 5.65. The first-order chi connectivity index (χ1) is 8.63. The molecule has 0 aliphatic carbocycles. The first-order valence-corrected chi connectivity index (χ1v) is 6.35. The van der Waals surface area contributed by atoms with Crippen LogP contribution < -0.4 is 4.74 Å². The maximum atomic E-state index is 14.0. The summed E-state index contributed by atoms with van der Waals surface area (Å²) < 4.78 is 38.2. The average molecular weight is 256 g/mol. The molecular weight excluding hydrogens is 238 g/mol. The van der Waals surface area contributed by atoms with Gasteiger partial charge in [0.2, 0.25) is 5.82 Å². The maximum Gasteiger partial charge on any atom is 0.200 e. The van der Waals surface area contributed by atoms with Crippen LogP contribution in [0.25, 0.3) is 0 Å². The predicted molar refractivity (Wildman–Crippen MR) is 64.9 cm³/mol. The van der Waals surface area contributed by atoms with Crippen LogP contribution >= 0.6 is 0 Å². The lowest BCUT2D eigenvalue weighted by atomic mass is 9.91. The maximum absolute atomic E-state index is 14.0. The molecule has 1 aromatic rings. The first kappa shape index (κ1) is 13.3. The van der Waals surface area contributed by atoms with Crippen molar-refractivity contribution >= 4 is 0 Å². The summed E-state index contributed by atoms with van der Waals surface area (Å²) in [5.41, 5.74) is 0.392. The first-order valence-electron chi connectivity index (χ1n) is 6.35. The van der Waals surface area contributed by atoms with Gasteiger partial charge in [-0.15, -0.1) is 0 Å². The predicted octanol–water partition coefficient (Wildman–Crippen LogP) is 3.65. The highest BCUT2D eigenvalue weighted by molar-refractivity contribution is 5.33. The van der Waals surface area contributed by atoms with Gasteiger partial charge in [0, 0.05) is 5.92 Å². The van der Waals surface area contributed by atoms with Crippen LogP contribution in [0.3, 0.4) is 0 Å². The zero-order valence-electron chi connectivity index (χ0n) is 10.7. The highest BCUT2D eigenvalue weighted by Crippen LogP contribution is 2.33. The Hall–Kier alpha value is -1.16. The van der Waals surface area contributed by atoms with Crippen molar-refractivity contribution in [2.75, 3.05) is 13.2 Å². The molecule has 0 aromatic heterocycles. The van der Waals surface area contributed by atoms with Crippen LogP contribution in [0.2, 0.25) is 0 Å². The summed E-state index contributed by atoms with van der Waals surface area (Å²) in [4.78, 5) is 0. The van der Waals surface area contributed by atoms with E-state index in [1.807, 2.05) is 6.92 Å². The van der Waals surface area contributed by atoms with E-state index in [0.717, 1.165) is 12.8 Å². The van der Waals surface area contributed by atoms with E-state index in [1.165, 1.54) is 6.07 Å². The summed E-state index contributed by atoms with van der Waals surface area (Å²) in [6.07, 6.45) is 1.90. The van der Waals surface area contributed by atoms with Gasteiger partial charge in [0.25, 0.3) is 0 Å². The van der Waals surface area contributed by atoms with Gasteiger partial charge in [-0.05, 0) is 38.3 Å². The van der Waals surface area contributed by atoms with Crippen molar-refractivity contribution in [2.45, 2.75) is 38.7 Å². The van der Waals surface area contributed by atoms with Gasteiger partial charge in [0.15, 0.2) is 11.6 Å². The molecule has 0 N–H and O–H groups in total. The minimum Gasteiger partial charge on any atom is -0.491 e. The van der Waals surface area contributed by atoms with Crippen LogP contribution in [-0.4, -0.2) is 19.3 Å². The Morgan fingerprint density at radius 2 is 2.06 bits per heavy atom. The van der Waals surface area contributed by atoms with E-state index in [-0.39, 0.29) is 17.8 Å². The van der Waals surface area contributed by atoms with Gasteiger partial charge in [-0.2, -0.15) is 4.39 Å². The Morgan fingerprint density at radius 1 is 1.28 bits per heavy atom. The molecule has 100 valence electrons. The van der Waals surface area contributed by atoms with Crippen LogP contribution in [0, 0.1) is 11.6 Å². The molecule has 0 radical (unpaired) electrons. The lowest BCUT2D eigenvalue weighted by Gasteiger charge is -2.27. The molecule has 4 heteroatoms. The number of hydrogen-bond donors (Lipinski definition) is 0. The highest BCUT2D eigenvalue weighted by atomic mass is 19.2. The van der Waals surface area contributed by atoms with Crippen molar-refractivity contribution in [1.29, 1.82) is 0 Å². The van der Waals surface area contributed by atoms with E-state index in [4.69, 9.17) is 9.47 Å². The molecule has 2 atom stereocenters. The van der Waals surface area contributed by atoms with Gasteiger partial charge in [0.05, 0.1) is 19.3 Å². The van der Waals surface area contributed by atoms with Crippen LogP contribution in [-0.2, 0) is 4.74 Å². The van der Waals surface area contributed by atoms with Crippen LogP contribution in [0.4, 0.5) is 8.78 Å². The molecule has 2 unspecified atom stereocenters. The summed E-state index contributed by atoms with van der Waals surface area (Å²) in [6.45, 7) is 4.50. The molecule has 1 fully saturated rings. The van der Waals surface area contributed by atoms with Crippen molar-refractivity contribution in [1.82, 2.24) is 0 Å². The molecule has 0 saturated carbocycles. The third-order valence-corrected chi connectivity index (χ3v) is 3.32. The Kier molecular flexibility index (Phi) is 4.17. The number of rotatable bonds is 3. The molecule has 1 aliphatic heterocycles. The Labute approximate surface area is 106 Å². The normalized spacial score (nSPS) is 24.0. The molecule has 1 aliphatic rings. The zero-order chi connectivity index (χ0) is 13.1. The van der Waals surface area contributed by atoms with E-state index in [1.54, 1.807) is 13.0 Å². The molecule has 1 saturated heterocycles. The number of hydrogen-bond acceptors (Lipinski definition) is 2. The summed E-state index contributed by atoms with van der Waals surface area (Å²) in [7, 11) is 0. The van der Waals surface area contributed by atoms with E-state index in [2.05, 4.69) is 0 Å². The van der Waals surface area contributed by atoms with Crippen molar-refractivity contribution in [2.24, 2.45) is 0 Å². The van der Waals surface area contributed by atoms with Crippen molar-refractivity contribution in [3.63, 3.8) is 0 Å². The quantitative estimate of drug-likeness (QED) is 0.822. The number of benzene rings is 1. The average Bonchev–Trinajstić information content (AvgIpc) is 2.37. The highest BCUT2D eigenvalue weighted by Gasteiger charge is 2.25. The molecule has 2 rings (SSSR count). The third kappa shape index (κ3) is 2.64. The van der Waals surface area contributed by atoms with Gasteiger partial charge < -0.3 is 9.47 Å². The van der Waals surface area contributed by atoms with Crippen molar-refractivity contribution < 1.29 is 18.3 Å². The summed E-state index contributed by atoms with van der Waals surface area (Å²) in [5, 5.41) is 0. The summed E-state index contributed by atoms with van der Waals surface area (Å²) >= 11 is 0. The van der Waals surface area contributed by atoms with Gasteiger partial charge in [-0.1, -0.05) is 6.07 Å². The van der Waals surface area contributed by atoms with Gasteiger partial charge in [-0.3, -0.25) is 0 Å². The Morgan fingerprint density at radius 3 is 2.67 bits per heavy atom. The monoisotopic (exact) mass is 256 g/mol. The van der Waals surface area contributed by atoms with E-state index >= 15 is 0 Å². The lowest BCUT2D eigenvalue weighted by Crippen LogP contribution is -2.23. The van der Waals surface area contributed by atoms with Crippen molar-refractivity contribution in [3.05, 3.63) is 29.3 Å². The minimum atomic E-state index is -0.895. The largest absolute Gasteiger partial charge is 0.491 e. The van der Waals surface area contributed by atoms with Crippen LogP contribution in [0.15, 0.2) is 12.1 Å². The summed E-state index contributed by atoms with van der Waals surface area (Å²) in [5.74, 6) is -1.78. The summed E-state index contributed by atoms with van der Waals surface area (Å²) in [6, 6.07) is 3.10. The topological polar surface area (TPSA) is 18.5 Å². The SMILES string of the molecule is CCOc1ccc(C2CCC(C)OC2)c(F)c1F. The zero-order valence-corrected chi connectivity index (χ0v) is 10.7. The number of halogens is 2.